The summed E-state index contributed by atoms with van der Waals surface area (Å²) in [5, 5.41) is 3.57. The van der Waals surface area contributed by atoms with E-state index in [0.717, 1.165) is 5.56 Å². The van der Waals surface area contributed by atoms with Gasteiger partial charge in [-0.05, 0) is 18.6 Å². The average Bonchev–Trinajstić information content (AvgIpc) is 2.28. The molecule has 0 fully saturated rings. The zero-order valence-electron chi connectivity index (χ0n) is 9.18. The summed E-state index contributed by atoms with van der Waals surface area (Å²) in [6.07, 6.45) is 0. The number of carbonyl (C=O) groups excluding carboxylic acids is 1. The maximum absolute atomic E-state index is 11.7. The van der Waals surface area contributed by atoms with E-state index in [1.807, 2.05) is 6.92 Å². The zero-order chi connectivity index (χ0) is 12.3. The third-order valence-corrected chi connectivity index (χ3v) is 3.14. The summed E-state index contributed by atoms with van der Waals surface area (Å²) < 4.78 is 0. The molecule has 1 amide bonds. The van der Waals surface area contributed by atoms with Crippen LogP contribution in [0.25, 0.3) is 0 Å². The lowest BCUT2D eigenvalue weighted by Gasteiger charge is -2.13. The largest absolute Gasteiger partial charge is 0.330 e. The van der Waals surface area contributed by atoms with Crippen LogP contribution in [0.2, 0.25) is 10.0 Å². The SMILES string of the molecule is Cc1ccc(Cl)c(NC(=O)C(C)CN)c1Cl. The van der Waals surface area contributed by atoms with Crippen molar-refractivity contribution in [2.45, 2.75) is 13.8 Å². The zero-order valence-corrected chi connectivity index (χ0v) is 10.7. The number of nitrogens with one attached hydrogen (secondary N) is 1. The lowest BCUT2D eigenvalue weighted by atomic mass is 10.1. The van der Waals surface area contributed by atoms with E-state index in [9.17, 15) is 4.79 Å². The fourth-order valence-electron chi connectivity index (χ4n) is 1.12. The van der Waals surface area contributed by atoms with Gasteiger partial charge in [0.15, 0.2) is 0 Å². The van der Waals surface area contributed by atoms with Crippen molar-refractivity contribution in [2.24, 2.45) is 11.7 Å². The van der Waals surface area contributed by atoms with Gasteiger partial charge in [0.25, 0.3) is 0 Å². The molecule has 3 nitrogen and oxygen atoms in total. The third-order valence-electron chi connectivity index (χ3n) is 2.33. The van der Waals surface area contributed by atoms with Gasteiger partial charge >= 0.3 is 0 Å². The minimum absolute atomic E-state index is 0.183. The number of halogens is 2. The average molecular weight is 261 g/mol. The van der Waals surface area contributed by atoms with Crippen LogP contribution >= 0.6 is 23.2 Å². The molecule has 88 valence electrons. The molecule has 1 rings (SSSR count). The van der Waals surface area contributed by atoms with Crippen LogP contribution in [-0.2, 0) is 4.79 Å². The predicted molar refractivity (Wildman–Crippen MR) is 68.0 cm³/mol. The van der Waals surface area contributed by atoms with E-state index in [1.165, 1.54) is 0 Å². The Kier molecular flexibility index (Phi) is 4.59. The van der Waals surface area contributed by atoms with Crippen LogP contribution in [0.15, 0.2) is 12.1 Å². The highest BCUT2D eigenvalue weighted by atomic mass is 35.5. The van der Waals surface area contributed by atoms with Gasteiger partial charge < -0.3 is 11.1 Å². The number of carbonyl (C=O) groups is 1. The molecule has 0 radical (unpaired) electrons. The predicted octanol–water partition coefficient (Wildman–Crippen LogP) is 2.84. The van der Waals surface area contributed by atoms with Crippen molar-refractivity contribution in [1.29, 1.82) is 0 Å². The van der Waals surface area contributed by atoms with Crippen molar-refractivity contribution in [3.8, 4) is 0 Å². The molecule has 0 heterocycles. The molecule has 16 heavy (non-hydrogen) atoms. The number of benzene rings is 1. The molecule has 0 aliphatic carbocycles. The molecule has 0 bridgehead atoms. The van der Waals surface area contributed by atoms with E-state index >= 15 is 0 Å². The maximum Gasteiger partial charge on any atom is 0.228 e. The third kappa shape index (κ3) is 2.88. The first-order valence-electron chi connectivity index (χ1n) is 4.93. The summed E-state index contributed by atoms with van der Waals surface area (Å²) in [4.78, 5) is 11.7. The molecule has 0 spiro atoms. The lowest BCUT2D eigenvalue weighted by molar-refractivity contribution is -0.119. The molecule has 0 aliphatic rings. The van der Waals surface area contributed by atoms with Gasteiger partial charge in [-0.15, -0.1) is 0 Å². The van der Waals surface area contributed by atoms with E-state index in [1.54, 1.807) is 19.1 Å². The van der Waals surface area contributed by atoms with Gasteiger partial charge in [0.1, 0.15) is 0 Å². The second-order valence-corrected chi connectivity index (χ2v) is 4.46. The number of aryl methyl sites for hydroxylation is 1. The molecule has 1 aromatic rings. The molecule has 1 unspecified atom stereocenters. The lowest BCUT2D eigenvalue weighted by Crippen LogP contribution is -2.27. The first kappa shape index (κ1) is 13.3. The number of hydrogen-bond donors (Lipinski definition) is 2. The number of rotatable bonds is 3. The van der Waals surface area contributed by atoms with Gasteiger partial charge in [-0.1, -0.05) is 36.2 Å². The first-order chi connectivity index (χ1) is 7.47. The van der Waals surface area contributed by atoms with Crippen LogP contribution < -0.4 is 11.1 Å². The van der Waals surface area contributed by atoms with Crippen LogP contribution in [0.4, 0.5) is 5.69 Å². The van der Waals surface area contributed by atoms with Gasteiger partial charge in [-0.25, -0.2) is 0 Å². The van der Waals surface area contributed by atoms with Crippen molar-refractivity contribution in [1.82, 2.24) is 0 Å². The fourth-order valence-corrected chi connectivity index (χ4v) is 1.59. The highest BCUT2D eigenvalue weighted by Crippen LogP contribution is 2.33. The van der Waals surface area contributed by atoms with E-state index in [0.29, 0.717) is 15.7 Å². The molecule has 3 N–H and O–H groups in total. The summed E-state index contributed by atoms with van der Waals surface area (Å²) >= 11 is 12.0. The fraction of sp³-hybridized carbons (Fsp3) is 0.364. The van der Waals surface area contributed by atoms with Gasteiger partial charge in [-0.2, -0.15) is 0 Å². The van der Waals surface area contributed by atoms with Gasteiger partial charge in [0.05, 0.1) is 15.7 Å². The summed E-state index contributed by atoms with van der Waals surface area (Å²) in [5.74, 6) is -0.454. The van der Waals surface area contributed by atoms with Crippen molar-refractivity contribution >= 4 is 34.8 Å². The van der Waals surface area contributed by atoms with Gasteiger partial charge in [0, 0.05) is 12.5 Å². The first-order valence-corrected chi connectivity index (χ1v) is 5.68. The quantitative estimate of drug-likeness (QED) is 0.879. The van der Waals surface area contributed by atoms with E-state index in [4.69, 9.17) is 28.9 Å². The van der Waals surface area contributed by atoms with Crippen molar-refractivity contribution in [3.05, 3.63) is 27.7 Å². The van der Waals surface area contributed by atoms with Gasteiger partial charge in [0.2, 0.25) is 5.91 Å². The Hall–Kier alpha value is -0.770. The van der Waals surface area contributed by atoms with E-state index in [2.05, 4.69) is 5.32 Å². The van der Waals surface area contributed by atoms with Crippen molar-refractivity contribution in [2.75, 3.05) is 11.9 Å². The summed E-state index contributed by atoms with van der Waals surface area (Å²) in [6.45, 7) is 3.88. The van der Waals surface area contributed by atoms with Crippen LogP contribution in [0.5, 0.6) is 0 Å². The normalized spacial score (nSPS) is 12.3. The highest BCUT2D eigenvalue weighted by molar-refractivity contribution is 6.40. The number of amides is 1. The summed E-state index contributed by atoms with van der Waals surface area (Å²) in [6, 6.07) is 3.50. The van der Waals surface area contributed by atoms with Crippen LogP contribution in [0.1, 0.15) is 12.5 Å². The smallest absolute Gasteiger partial charge is 0.228 e. The standard InChI is InChI=1S/C11H14Cl2N2O/c1-6-3-4-8(12)10(9(6)13)15-11(16)7(2)5-14/h3-4,7H,5,14H2,1-2H3,(H,15,16). The molecule has 0 saturated heterocycles. The monoisotopic (exact) mass is 260 g/mol. The minimum Gasteiger partial charge on any atom is -0.330 e. The molecule has 5 heteroatoms. The Morgan fingerprint density at radius 2 is 2.12 bits per heavy atom. The van der Waals surface area contributed by atoms with Crippen LogP contribution in [0.3, 0.4) is 0 Å². The molecular formula is C11H14Cl2N2O. The summed E-state index contributed by atoms with van der Waals surface area (Å²) in [7, 11) is 0. The van der Waals surface area contributed by atoms with Crippen LogP contribution in [-0.4, -0.2) is 12.5 Å². The minimum atomic E-state index is -0.271. The Morgan fingerprint density at radius 1 is 1.50 bits per heavy atom. The molecule has 0 aromatic heterocycles. The second-order valence-electron chi connectivity index (χ2n) is 3.68. The van der Waals surface area contributed by atoms with E-state index < -0.39 is 0 Å². The Balaban J connectivity index is 2.97. The molecule has 0 aliphatic heterocycles. The topological polar surface area (TPSA) is 55.1 Å². The maximum atomic E-state index is 11.7. The number of anilines is 1. The van der Waals surface area contributed by atoms with Crippen molar-refractivity contribution < 1.29 is 4.79 Å². The second kappa shape index (κ2) is 5.53. The number of hydrogen-bond acceptors (Lipinski definition) is 2. The molecular weight excluding hydrogens is 247 g/mol. The summed E-state index contributed by atoms with van der Waals surface area (Å²) in [5.41, 5.74) is 6.72. The van der Waals surface area contributed by atoms with Crippen LogP contribution in [0, 0.1) is 12.8 Å². The number of nitrogens with two attached hydrogens (primary N) is 1. The van der Waals surface area contributed by atoms with E-state index in [-0.39, 0.29) is 18.4 Å². The Morgan fingerprint density at radius 3 is 2.69 bits per heavy atom. The molecule has 1 aromatic carbocycles. The Bertz CT molecular complexity index is 407. The Labute approximate surface area is 105 Å². The van der Waals surface area contributed by atoms with Crippen molar-refractivity contribution in [3.63, 3.8) is 0 Å². The van der Waals surface area contributed by atoms with Gasteiger partial charge in [-0.3, -0.25) is 4.79 Å². The highest BCUT2D eigenvalue weighted by Gasteiger charge is 2.15. The molecule has 0 saturated carbocycles. The molecule has 1 atom stereocenters.